The van der Waals surface area contributed by atoms with Crippen molar-refractivity contribution in [3.05, 3.63) is 77.5 Å². The lowest BCUT2D eigenvalue weighted by Gasteiger charge is -2.14. The van der Waals surface area contributed by atoms with Crippen molar-refractivity contribution in [2.75, 3.05) is 16.0 Å². The van der Waals surface area contributed by atoms with E-state index >= 15 is 0 Å². The predicted molar refractivity (Wildman–Crippen MR) is 119 cm³/mol. The van der Waals surface area contributed by atoms with E-state index in [1.807, 2.05) is 6.07 Å². The molecule has 0 aliphatic carbocycles. The van der Waals surface area contributed by atoms with Crippen LogP contribution in [0.5, 0.6) is 0 Å². The molecule has 0 spiro atoms. The first kappa shape index (κ1) is 21.3. The molecule has 9 nitrogen and oxygen atoms in total. The maximum atomic E-state index is 11.7. The van der Waals surface area contributed by atoms with Crippen LogP contribution in [-0.2, 0) is 4.79 Å². The minimum atomic E-state index is -0.634. The Balaban J connectivity index is 1.92. The molecule has 3 rings (SSSR count). The van der Waals surface area contributed by atoms with E-state index in [0.717, 1.165) is 6.08 Å². The smallest absolute Gasteiger partial charge is 0.248 e. The summed E-state index contributed by atoms with van der Waals surface area (Å²) in [4.78, 5) is 31.6. The molecule has 154 valence electrons. The molecular formula is C21H16ClN7O2. The van der Waals surface area contributed by atoms with Gasteiger partial charge in [-0.05, 0) is 36.4 Å². The van der Waals surface area contributed by atoms with Gasteiger partial charge in [-0.1, -0.05) is 30.3 Å². The molecule has 0 unspecified atom stereocenters. The van der Waals surface area contributed by atoms with E-state index in [1.54, 1.807) is 24.3 Å². The quantitative estimate of drug-likeness (QED) is 0.415. The standard InChI is InChI=1S/C21H16ClN7O2/c1-2-18(30)26-15-5-3-4-6-16(15)27-20-14(22)11-25-21(29-20)28-17-9-12(19(24)31)7-8-13(17)10-23/h2-9,11H,1H2,(H2,24,31)(H,26,30)(H2,25,27,28,29). The second kappa shape index (κ2) is 9.39. The van der Waals surface area contributed by atoms with Gasteiger partial charge in [-0.25, -0.2) is 4.98 Å². The first-order chi connectivity index (χ1) is 14.9. The number of rotatable bonds is 7. The van der Waals surface area contributed by atoms with Crippen molar-refractivity contribution in [2.45, 2.75) is 0 Å². The summed E-state index contributed by atoms with van der Waals surface area (Å²) in [7, 11) is 0. The number of carbonyl (C=O) groups is 2. The van der Waals surface area contributed by atoms with Gasteiger partial charge < -0.3 is 21.7 Å². The molecule has 0 bridgehead atoms. The number of primary amides is 1. The van der Waals surface area contributed by atoms with Gasteiger partial charge in [0.25, 0.3) is 0 Å². The molecule has 3 aromatic rings. The van der Waals surface area contributed by atoms with E-state index in [0.29, 0.717) is 17.1 Å². The third kappa shape index (κ3) is 5.14. The van der Waals surface area contributed by atoms with Crippen LogP contribution in [0.3, 0.4) is 0 Å². The van der Waals surface area contributed by atoms with E-state index in [1.165, 1.54) is 24.4 Å². The highest BCUT2D eigenvalue weighted by Gasteiger charge is 2.12. The van der Waals surface area contributed by atoms with E-state index in [9.17, 15) is 14.9 Å². The van der Waals surface area contributed by atoms with Crippen LogP contribution in [0.15, 0.2) is 61.3 Å². The van der Waals surface area contributed by atoms with Crippen LogP contribution < -0.4 is 21.7 Å². The largest absolute Gasteiger partial charge is 0.366 e. The Morgan fingerprint density at radius 2 is 1.87 bits per heavy atom. The summed E-state index contributed by atoms with van der Waals surface area (Å²) in [6.07, 6.45) is 2.53. The lowest BCUT2D eigenvalue weighted by Crippen LogP contribution is -2.12. The molecular weight excluding hydrogens is 418 g/mol. The van der Waals surface area contributed by atoms with Crippen molar-refractivity contribution in [2.24, 2.45) is 5.73 Å². The molecule has 10 heteroatoms. The number of nitrogens with zero attached hydrogens (tertiary/aromatic N) is 3. The molecule has 0 saturated carbocycles. The van der Waals surface area contributed by atoms with Crippen LogP contribution in [0.1, 0.15) is 15.9 Å². The van der Waals surface area contributed by atoms with Crippen molar-refractivity contribution < 1.29 is 9.59 Å². The maximum absolute atomic E-state index is 11.7. The monoisotopic (exact) mass is 433 g/mol. The molecule has 2 amide bonds. The van der Waals surface area contributed by atoms with Gasteiger partial charge in [-0.3, -0.25) is 9.59 Å². The van der Waals surface area contributed by atoms with Crippen LogP contribution in [-0.4, -0.2) is 21.8 Å². The Morgan fingerprint density at radius 1 is 1.13 bits per heavy atom. The Kier molecular flexibility index (Phi) is 6.45. The molecule has 0 radical (unpaired) electrons. The fourth-order valence-corrected chi connectivity index (χ4v) is 2.68. The third-order valence-corrected chi connectivity index (χ3v) is 4.32. The number of para-hydroxylation sites is 2. The topological polar surface area (TPSA) is 146 Å². The van der Waals surface area contributed by atoms with Crippen molar-refractivity contribution in [3.8, 4) is 6.07 Å². The number of hydrogen-bond acceptors (Lipinski definition) is 7. The van der Waals surface area contributed by atoms with Gasteiger partial charge in [0, 0.05) is 5.56 Å². The normalized spacial score (nSPS) is 9.94. The molecule has 0 fully saturated rings. The average molecular weight is 434 g/mol. The lowest BCUT2D eigenvalue weighted by atomic mass is 10.1. The zero-order valence-electron chi connectivity index (χ0n) is 16.0. The second-order valence-electron chi connectivity index (χ2n) is 6.12. The number of aromatic nitrogens is 2. The number of benzene rings is 2. The number of nitriles is 1. The summed E-state index contributed by atoms with van der Waals surface area (Å²) in [5.74, 6) is -0.629. The van der Waals surface area contributed by atoms with Gasteiger partial charge in [0.15, 0.2) is 5.82 Å². The molecule has 31 heavy (non-hydrogen) atoms. The number of hydrogen-bond donors (Lipinski definition) is 4. The van der Waals surface area contributed by atoms with Crippen molar-refractivity contribution in [1.82, 2.24) is 9.97 Å². The van der Waals surface area contributed by atoms with E-state index in [4.69, 9.17) is 17.3 Å². The van der Waals surface area contributed by atoms with Gasteiger partial charge in [-0.2, -0.15) is 10.2 Å². The van der Waals surface area contributed by atoms with Crippen LogP contribution >= 0.6 is 11.6 Å². The van der Waals surface area contributed by atoms with Crippen molar-refractivity contribution in [3.63, 3.8) is 0 Å². The summed E-state index contributed by atoms with van der Waals surface area (Å²) in [5, 5.41) is 18.2. The molecule has 0 aliphatic rings. The summed E-state index contributed by atoms with van der Waals surface area (Å²) >= 11 is 6.23. The number of carbonyl (C=O) groups excluding carboxylic acids is 2. The Bertz CT molecular complexity index is 1220. The molecule has 1 aromatic heterocycles. The zero-order chi connectivity index (χ0) is 22.4. The van der Waals surface area contributed by atoms with Crippen LogP contribution in [0.4, 0.5) is 28.8 Å². The summed E-state index contributed by atoms with van der Waals surface area (Å²) in [6.45, 7) is 3.43. The summed E-state index contributed by atoms with van der Waals surface area (Å²) in [6, 6.07) is 13.3. The molecule has 5 N–H and O–H groups in total. The number of nitrogens with two attached hydrogens (primary N) is 1. The first-order valence-electron chi connectivity index (χ1n) is 8.84. The van der Waals surface area contributed by atoms with Gasteiger partial charge in [0.2, 0.25) is 17.8 Å². The molecule has 0 atom stereocenters. The first-order valence-corrected chi connectivity index (χ1v) is 9.22. The van der Waals surface area contributed by atoms with E-state index in [2.05, 4.69) is 32.5 Å². The maximum Gasteiger partial charge on any atom is 0.248 e. The fourth-order valence-electron chi connectivity index (χ4n) is 2.55. The minimum absolute atomic E-state index is 0.123. The van der Waals surface area contributed by atoms with Crippen molar-refractivity contribution >= 4 is 52.2 Å². The van der Waals surface area contributed by atoms with Crippen LogP contribution in [0.2, 0.25) is 5.02 Å². The highest BCUT2D eigenvalue weighted by molar-refractivity contribution is 6.33. The molecule has 0 aliphatic heterocycles. The second-order valence-corrected chi connectivity index (χ2v) is 6.52. The highest BCUT2D eigenvalue weighted by Crippen LogP contribution is 2.29. The summed E-state index contributed by atoms with van der Waals surface area (Å²) < 4.78 is 0. The Labute approximate surface area is 182 Å². The van der Waals surface area contributed by atoms with Crippen molar-refractivity contribution in [1.29, 1.82) is 5.26 Å². The minimum Gasteiger partial charge on any atom is -0.366 e. The summed E-state index contributed by atoms with van der Waals surface area (Å²) in [5.41, 5.74) is 7.16. The van der Waals surface area contributed by atoms with Gasteiger partial charge in [0.05, 0.1) is 28.8 Å². The molecule has 1 heterocycles. The van der Waals surface area contributed by atoms with Crippen LogP contribution in [0.25, 0.3) is 0 Å². The Hall–Kier alpha value is -4.42. The fraction of sp³-hybridized carbons (Fsp3) is 0. The third-order valence-electron chi connectivity index (χ3n) is 4.04. The van der Waals surface area contributed by atoms with E-state index in [-0.39, 0.29) is 33.8 Å². The lowest BCUT2D eigenvalue weighted by molar-refractivity contribution is -0.111. The SMILES string of the molecule is C=CC(=O)Nc1ccccc1Nc1nc(Nc2cc(C(N)=O)ccc2C#N)ncc1Cl. The van der Waals surface area contributed by atoms with E-state index < -0.39 is 5.91 Å². The number of nitrogens with one attached hydrogen (secondary N) is 3. The van der Waals surface area contributed by atoms with Gasteiger partial charge >= 0.3 is 0 Å². The predicted octanol–water partition coefficient (Wildman–Crippen LogP) is 3.71. The van der Waals surface area contributed by atoms with Gasteiger partial charge in [-0.15, -0.1) is 0 Å². The molecule has 2 aromatic carbocycles. The number of anilines is 5. The average Bonchev–Trinajstić information content (AvgIpc) is 2.77. The highest BCUT2D eigenvalue weighted by atomic mass is 35.5. The molecule has 0 saturated heterocycles. The van der Waals surface area contributed by atoms with Crippen LogP contribution in [0, 0.1) is 11.3 Å². The Morgan fingerprint density at radius 3 is 2.55 bits per heavy atom. The number of halogens is 1. The number of amides is 2. The van der Waals surface area contributed by atoms with Gasteiger partial charge in [0.1, 0.15) is 11.1 Å². The zero-order valence-corrected chi connectivity index (χ0v) is 16.8.